The van der Waals surface area contributed by atoms with Gasteiger partial charge in [0.25, 0.3) is 0 Å². The molecule has 0 aliphatic rings. The van der Waals surface area contributed by atoms with Crippen LogP contribution < -0.4 is 11.1 Å². The predicted molar refractivity (Wildman–Crippen MR) is 103 cm³/mol. The van der Waals surface area contributed by atoms with Crippen LogP contribution in [0.2, 0.25) is 10.0 Å². The number of alkyl carbamates (subject to hydrolysis) is 1. The number of benzene rings is 2. The Morgan fingerprint density at radius 3 is 1.79 bits per heavy atom. The highest BCUT2D eigenvalue weighted by atomic mass is 35.5. The summed E-state index contributed by atoms with van der Waals surface area (Å²) in [5.74, 6) is -2.29. The molecule has 2 aromatic carbocycles. The maximum atomic E-state index is 11.0. The summed E-state index contributed by atoms with van der Waals surface area (Å²) in [6.45, 7) is 0. The number of carboxylic acids is 2. The number of hydrogen-bond donors (Lipinski definition) is 4. The molecule has 28 heavy (non-hydrogen) atoms. The number of halogens is 2. The maximum Gasteiger partial charge on any atom is 0.407 e. The second-order valence-corrected chi connectivity index (χ2v) is 6.08. The quantitative estimate of drug-likeness (QED) is 0.572. The normalized spacial score (nSPS) is 12.0. The van der Waals surface area contributed by atoms with Gasteiger partial charge >= 0.3 is 18.0 Å². The van der Waals surface area contributed by atoms with Gasteiger partial charge in [-0.05, 0) is 17.7 Å². The molecule has 2 atom stereocenters. The lowest BCUT2D eigenvalue weighted by Crippen LogP contribution is -2.33. The molecule has 0 bridgehead atoms. The molecule has 8 nitrogen and oxygen atoms in total. The lowest BCUT2D eigenvalue weighted by molar-refractivity contribution is -0.140. The van der Waals surface area contributed by atoms with Crippen molar-refractivity contribution in [1.29, 1.82) is 0 Å². The summed E-state index contributed by atoms with van der Waals surface area (Å²) in [6.07, 6.45) is -0.827. The van der Waals surface area contributed by atoms with Crippen molar-refractivity contribution in [3.05, 3.63) is 69.7 Å². The maximum absolute atomic E-state index is 11.0. The molecule has 2 aromatic rings. The number of hydrogen-bond acceptors (Lipinski definition) is 5. The fourth-order valence-corrected chi connectivity index (χ4v) is 2.52. The smallest absolute Gasteiger partial charge is 0.407 e. The zero-order valence-corrected chi connectivity index (χ0v) is 16.1. The molecule has 0 heterocycles. The van der Waals surface area contributed by atoms with E-state index in [9.17, 15) is 14.4 Å². The van der Waals surface area contributed by atoms with E-state index in [1.165, 1.54) is 6.07 Å². The number of rotatable bonds is 5. The van der Waals surface area contributed by atoms with E-state index in [0.717, 1.165) is 7.11 Å². The molecule has 0 fully saturated rings. The molecule has 0 radical (unpaired) electrons. The first-order valence-electron chi connectivity index (χ1n) is 7.73. The third kappa shape index (κ3) is 6.73. The number of amides is 1. The van der Waals surface area contributed by atoms with Gasteiger partial charge < -0.3 is 26.0 Å². The summed E-state index contributed by atoms with van der Waals surface area (Å²) < 4.78 is 4.34. The number of carboxylic acid groups (broad SMARTS) is 2. The molecular weight excluding hydrogens is 411 g/mol. The number of nitrogens with two attached hydrogens (primary N) is 1. The van der Waals surface area contributed by atoms with E-state index in [4.69, 9.17) is 39.1 Å². The van der Waals surface area contributed by atoms with E-state index >= 15 is 0 Å². The number of ether oxygens (including phenoxy) is 1. The minimum absolute atomic E-state index is 0.270. The van der Waals surface area contributed by atoms with Gasteiger partial charge in [0.2, 0.25) is 0 Å². The minimum Gasteiger partial charge on any atom is -0.480 e. The summed E-state index contributed by atoms with van der Waals surface area (Å²) >= 11 is 11.6. The highest BCUT2D eigenvalue weighted by Crippen LogP contribution is 2.23. The van der Waals surface area contributed by atoms with Crippen molar-refractivity contribution >= 4 is 41.2 Å². The van der Waals surface area contributed by atoms with Crippen LogP contribution in [0.5, 0.6) is 0 Å². The second-order valence-electron chi connectivity index (χ2n) is 5.27. The van der Waals surface area contributed by atoms with E-state index in [2.05, 4.69) is 10.1 Å². The van der Waals surface area contributed by atoms with Gasteiger partial charge in [0.05, 0.1) is 7.11 Å². The summed E-state index contributed by atoms with van der Waals surface area (Å²) in [5, 5.41) is 20.4. The molecule has 0 saturated heterocycles. The Balaban J connectivity index is 0.000000292. The van der Waals surface area contributed by atoms with Crippen LogP contribution in [0.25, 0.3) is 0 Å². The van der Waals surface area contributed by atoms with Crippen LogP contribution in [0.3, 0.4) is 0 Å². The molecule has 2 rings (SSSR count). The largest absolute Gasteiger partial charge is 0.480 e. The van der Waals surface area contributed by atoms with E-state index in [0.29, 0.717) is 16.1 Å². The molecule has 0 saturated carbocycles. The van der Waals surface area contributed by atoms with Crippen LogP contribution >= 0.6 is 23.2 Å². The van der Waals surface area contributed by atoms with Crippen molar-refractivity contribution in [3.63, 3.8) is 0 Å². The van der Waals surface area contributed by atoms with Crippen LogP contribution in [0.1, 0.15) is 23.2 Å². The van der Waals surface area contributed by atoms with Crippen LogP contribution in [-0.4, -0.2) is 35.4 Å². The fraction of sp³-hybridized carbons (Fsp3) is 0.167. The first-order chi connectivity index (χ1) is 13.2. The Labute approximate surface area is 170 Å². The van der Waals surface area contributed by atoms with Gasteiger partial charge in [-0.3, -0.25) is 4.79 Å². The Morgan fingerprint density at radius 2 is 1.39 bits per heavy atom. The zero-order valence-electron chi connectivity index (χ0n) is 14.6. The first-order valence-corrected chi connectivity index (χ1v) is 8.49. The Hall–Kier alpha value is -2.81. The minimum atomic E-state index is -1.22. The molecule has 0 aliphatic heterocycles. The van der Waals surface area contributed by atoms with Gasteiger partial charge in [-0.25, -0.2) is 9.59 Å². The third-order valence-electron chi connectivity index (χ3n) is 3.42. The van der Waals surface area contributed by atoms with Crippen molar-refractivity contribution < 1.29 is 29.3 Å². The van der Waals surface area contributed by atoms with Gasteiger partial charge in [0.15, 0.2) is 6.04 Å². The SMILES string of the molecule is COC(=O)N[C@@H](C(=O)O)c1ccccc1Cl.N[C@@H](C(=O)O)c1ccccc1Cl. The Bertz CT molecular complexity index is 846. The van der Waals surface area contributed by atoms with E-state index in [1.807, 2.05) is 0 Å². The van der Waals surface area contributed by atoms with Crippen molar-refractivity contribution in [2.24, 2.45) is 5.73 Å². The van der Waals surface area contributed by atoms with Crippen molar-refractivity contribution in [2.75, 3.05) is 7.11 Å². The monoisotopic (exact) mass is 428 g/mol. The number of carbonyl (C=O) groups is 3. The summed E-state index contributed by atoms with van der Waals surface area (Å²) in [6, 6.07) is 10.7. The molecule has 1 amide bonds. The van der Waals surface area contributed by atoms with E-state index < -0.39 is 30.1 Å². The molecule has 0 unspecified atom stereocenters. The molecule has 5 N–H and O–H groups in total. The standard InChI is InChI=1S/C10H10ClNO4.C8H8ClNO2/c1-16-10(15)12-8(9(13)14)6-4-2-3-5-7(6)11;9-6-4-2-1-3-5(6)7(10)8(11)12/h2-5,8H,1H3,(H,12,15)(H,13,14);1-4,7H,10H2,(H,11,12)/t8-;7-/m11/s1. The van der Waals surface area contributed by atoms with Gasteiger partial charge in [0.1, 0.15) is 6.04 Å². The zero-order chi connectivity index (χ0) is 21.3. The summed E-state index contributed by atoms with van der Waals surface area (Å²) in [7, 11) is 1.15. The Morgan fingerprint density at radius 1 is 0.929 bits per heavy atom. The summed E-state index contributed by atoms with van der Waals surface area (Å²) in [4.78, 5) is 32.4. The van der Waals surface area contributed by atoms with Crippen LogP contribution in [0.4, 0.5) is 4.79 Å². The topological polar surface area (TPSA) is 139 Å². The van der Waals surface area contributed by atoms with E-state index in [1.54, 1.807) is 42.5 Å². The van der Waals surface area contributed by atoms with Gasteiger partial charge in [0, 0.05) is 15.6 Å². The van der Waals surface area contributed by atoms with Gasteiger partial charge in [-0.15, -0.1) is 0 Å². The number of methoxy groups -OCH3 is 1. The molecule has 0 aliphatic carbocycles. The predicted octanol–water partition coefficient (Wildman–Crippen LogP) is 3.25. The number of aliphatic carboxylic acids is 2. The summed E-state index contributed by atoms with van der Waals surface area (Å²) in [5.41, 5.74) is 6.10. The Kier molecular flexibility index (Phi) is 9.23. The molecule has 150 valence electrons. The van der Waals surface area contributed by atoms with E-state index in [-0.39, 0.29) is 5.02 Å². The fourth-order valence-electron chi connectivity index (χ4n) is 2.02. The molecular formula is C18H18Cl2N2O6. The number of carbonyl (C=O) groups excluding carboxylic acids is 1. The highest BCUT2D eigenvalue weighted by Gasteiger charge is 2.24. The van der Waals surface area contributed by atoms with Crippen LogP contribution in [0, 0.1) is 0 Å². The molecule has 0 spiro atoms. The van der Waals surface area contributed by atoms with Crippen molar-refractivity contribution in [2.45, 2.75) is 12.1 Å². The van der Waals surface area contributed by atoms with Crippen molar-refractivity contribution in [1.82, 2.24) is 5.32 Å². The lowest BCUT2D eigenvalue weighted by atomic mass is 10.1. The third-order valence-corrected chi connectivity index (χ3v) is 4.11. The van der Waals surface area contributed by atoms with Gasteiger partial charge in [-0.1, -0.05) is 59.6 Å². The van der Waals surface area contributed by atoms with Crippen molar-refractivity contribution in [3.8, 4) is 0 Å². The van der Waals surface area contributed by atoms with Gasteiger partial charge in [-0.2, -0.15) is 0 Å². The lowest BCUT2D eigenvalue weighted by Gasteiger charge is -2.14. The van der Waals surface area contributed by atoms with Crippen LogP contribution in [0.15, 0.2) is 48.5 Å². The molecule has 10 heteroatoms. The average molecular weight is 429 g/mol. The first kappa shape index (κ1) is 23.2. The second kappa shape index (κ2) is 11.1. The molecule has 0 aromatic heterocycles. The highest BCUT2D eigenvalue weighted by molar-refractivity contribution is 6.32. The number of nitrogens with one attached hydrogen (secondary N) is 1. The average Bonchev–Trinajstić information content (AvgIpc) is 2.66. The van der Waals surface area contributed by atoms with Crippen LogP contribution in [-0.2, 0) is 14.3 Å².